The number of piperidine rings is 1. The second kappa shape index (κ2) is 8.12. The van der Waals surface area contributed by atoms with Crippen LogP contribution in [0.3, 0.4) is 0 Å². The highest BCUT2D eigenvalue weighted by Gasteiger charge is 2.25. The van der Waals surface area contributed by atoms with Crippen LogP contribution < -0.4 is 4.74 Å². The first-order valence-electron chi connectivity index (χ1n) is 9.20. The molecule has 9 nitrogen and oxygen atoms in total. The second-order valence-corrected chi connectivity index (χ2v) is 6.75. The molecule has 1 amide bonds. The number of amides is 1. The Labute approximate surface area is 162 Å². The van der Waals surface area contributed by atoms with Crippen molar-refractivity contribution in [2.75, 3.05) is 20.2 Å². The molecule has 0 aliphatic carbocycles. The average molecular weight is 379 g/mol. The van der Waals surface area contributed by atoms with Crippen LogP contribution in [0.25, 0.3) is 11.5 Å². The molecule has 28 heavy (non-hydrogen) atoms. The van der Waals surface area contributed by atoms with Gasteiger partial charge in [0.2, 0.25) is 5.82 Å². The van der Waals surface area contributed by atoms with Gasteiger partial charge in [0, 0.05) is 31.0 Å². The third-order valence-electron chi connectivity index (χ3n) is 4.79. The number of nitrogens with zero attached hydrogens (tertiary/aromatic N) is 7. The molecule has 4 rings (SSSR count). The molecule has 1 saturated heterocycles. The van der Waals surface area contributed by atoms with E-state index in [1.54, 1.807) is 36.6 Å². The summed E-state index contributed by atoms with van der Waals surface area (Å²) < 4.78 is 5.22. The Kier molecular flexibility index (Phi) is 5.22. The largest absolute Gasteiger partial charge is 0.497 e. The topological polar surface area (TPSA) is 98.9 Å². The molecule has 0 spiro atoms. The summed E-state index contributed by atoms with van der Waals surface area (Å²) in [6, 6.07) is 7.26. The fourth-order valence-electron chi connectivity index (χ4n) is 3.41. The molecule has 9 heteroatoms. The molecule has 3 aromatic rings. The Hall–Kier alpha value is -3.36. The summed E-state index contributed by atoms with van der Waals surface area (Å²) in [5, 5.41) is 12.6. The number of ether oxygens (including phenoxy) is 1. The van der Waals surface area contributed by atoms with Crippen molar-refractivity contribution in [3.05, 3.63) is 48.4 Å². The fourth-order valence-corrected chi connectivity index (χ4v) is 3.41. The zero-order chi connectivity index (χ0) is 19.3. The van der Waals surface area contributed by atoms with Gasteiger partial charge in [-0.05, 0) is 42.2 Å². The van der Waals surface area contributed by atoms with Crippen molar-refractivity contribution in [1.82, 2.24) is 35.1 Å². The van der Waals surface area contributed by atoms with E-state index in [4.69, 9.17) is 4.74 Å². The molecule has 1 aliphatic heterocycles. The first-order valence-corrected chi connectivity index (χ1v) is 9.20. The van der Waals surface area contributed by atoms with E-state index in [1.807, 2.05) is 23.1 Å². The minimum absolute atomic E-state index is 0.0235. The molecule has 0 radical (unpaired) electrons. The van der Waals surface area contributed by atoms with Crippen molar-refractivity contribution in [2.45, 2.75) is 19.4 Å². The lowest BCUT2D eigenvalue weighted by Crippen LogP contribution is -2.41. The maximum absolute atomic E-state index is 12.9. The summed E-state index contributed by atoms with van der Waals surface area (Å²) >= 11 is 0. The van der Waals surface area contributed by atoms with Crippen LogP contribution in [0, 0.1) is 5.92 Å². The quantitative estimate of drug-likeness (QED) is 0.665. The number of carbonyl (C=O) groups is 1. The van der Waals surface area contributed by atoms with Crippen molar-refractivity contribution in [3.63, 3.8) is 0 Å². The van der Waals surface area contributed by atoms with Gasteiger partial charge in [-0.3, -0.25) is 9.78 Å². The maximum Gasteiger partial charge on any atom is 0.253 e. The molecule has 2 aromatic heterocycles. The van der Waals surface area contributed by atoms with Crippen LogP contribution in [-0.2, 0) is 6.54 Å². The van der Waals surface area contributed by atoms with Crippen molar-refractivity contribution in [1.29, 1.82) is 0 Å². The third-order valence-corrected chi connectivity index (χ3v) is 4.79. The summed E-state index contributed by atoms with van der Waals surface area (Å²) in [6.45, 7) is 2.02. The Morgan fingerprint density at radius 3 is 3.07 bits per heavy atom. The van der Waals surface area contributed by atoms with E-state index in [9.17, 15) is 4.79 Å². The van der Waals surface area contributed by atoms with Crippen LogP contribution >= 0.6 is 0 Å². The van der Waals surface area contributed by atoms with E-state index >= 15 is 0 Å². The Balaban J connectivity index is 1.41. The smallest absolute Gasteiger partial charge is 0.253 e. The molecular formula is C19H21N7O2. The molecule has 0 N–H and O–H groups in total. The number of tetrazole rings is 1. The maximum atomic E-state index is 12.9. The molecule has 0 unspecified atom stereocenters. The number of rotatable bonds is 5. The van der Waals surface area contributed by atoms with Crippen LogP contribution in [0.5, 0.6) is 5.75 Å². The molecule has 0 bridgehead atoms. The van der Waals surface area contributed by atoms with Crippen molar-refractivity contribution in [2.24, 2.45) is 5.92 Å². The fraction of sp³-hybridized carbons (Fsp3) is 0.368. The van der Waals surface area contributed by atoms with Crippen LogP contribution in [-0.4, -0.2) is 61.2 Å². The molecule has 144 valence electrons. The van der Waals surface area contributed by atoms with Gasteiger partial charge in [0.05, 0.1) is 19.9 Å². The second-order valence-electron chi connectivity index (χ2n) is 6.75. The van der Waals surface area contributed by atoms with Crippen molar-refractivity contribution < 1.29 is 9.53 Å². The van der Waals surface area contributed by atoms with E-state index in [-0.39, 0.29) is 11.8 Å². The molecule has 1 aromatic carbocycles. The summed E-state index contributed by atoms with van der Waals surface area (Å²) in [7, 11) is 1.60. The molecule has 1 aliphatic rings. The standard InChI is InChI=1S/C19H21N7O2/c1-28-16-6-2-5-15(10-16)19(27)25-9-3-4-14(12-25)13-26-23-18(22-24-26)17-11-20-7-8-21-17/h2,5-8,10-11,14H,3-4,9,12-13H2,1H3/t14-/m1/s1. The van der Waals surface area contributed by atoms with E-state index in [0.29, 0.717) is 35.9 Å². The van der Waals surface area contributed by atoms with Gasteiger partial charge in [0.25, 0.3) is 5.91 Å². The Morgan fingerprint density at radius 1 is 1.32 bits per heavy atom. The lowest BCUT2D eigenvalue weighted by molar-refractivity contribution is 0.0655. The predicted molar refractivity (Wildman–Crippen MR) is 100 cm³/mol. The highest BCUT2D eigenvalue weighted by atomic mass is 16.5. The van der Waals surface area contributed by atoms with E-state index in [1.165, 1.54) is 0 Å². The minimum atomic E-state index is 0.0235. The zero-order valence-electron chi connectivity index (χ0n) is 15.6. The van der Waals surface area contributed by atoms with E-state index in [2.05, 4.69) is 25.4 Å². The van der Waals surface area contributed by atoms with E-state index < -0.39 is 0 Å². The predicted octanol–water partition coefficient (Wildman–Crippen LogP) is 1.69. The molecule has 3 heterocycles. The first kappa shape index (κ1) is 18.0. The molecule has 1 atom stereocenters. The van der Waals surface area contributed by atoms with Crippen molar-refractivity contribution >= 4 is 5.91 Å². The number of likely N-dealkylation sites (tertiary alicyclic amines) is 1. The zero-order valence-corrected chi connectivity index (χ0v) is 15.6. The normalized spacial score (nSPS) is 16.8. The number of benzene rings is 1. The van der Waals surface area contributed by atoms with Crippen molar-refractivity contribution in [3.8, 4) is 17.3 Å². The van der Waals surface area contributed by atoms with Gasteiger partial charge in [-0.1, -0.05) is 6.07 Å². The van der Waals surface area contributed by atoms with Gasteiger partial charge in [-0.25, -0.2) is 4.98 Å². The first-order chi connectivity index (χ1) is 13.7. The average Bonchev–Trinajstić information content (AvgIpc) is 3.22. The number of hydrogen-bond acceptors (Lipinski definition) is 7. The summed E-state index contributed by atoms with van der Waals surface area (Å²) in [4.78, 5) is 24.5. The number of aromatic nitrogens is 6. The Morgan fingerprint density at radius 2 is 2.25 bits per heavy atom. The monoisotopic (exact) mass is 379 g/mol. The van der Waals surface area contributed by atoms with E-state index in [0.717, 1.165) is 19.4 Å². The summed E-state index contributed by atoms with van der Waals surface area (Å²) in [6.07, 6.45) is 6.77. The number of carbonyl (C=O) groups excluding carboxylic acids is 1. The van der Waals surface area contributed by atoms with Gasteiger partial charge >= 0.3 is 0 Å². The number of methoxy groups -OCH3 is 1. The van der Waals surface area contributed by atoms with Crippen LogP contribution in [0.4, 0.5) is 0 Å². The summed E-state index contributed by atoms with van der Waals surface area (Å²) in [5.41, 5.74) is 1.23. The third kappa shape index (κ3) is 3.98. The lowest BCUT2D eigenvalue weighted by atomic mass is 9.97. The van der Waals surface area contributed by atoms with Crippen LogP contribution in [0.1, 0.15) is 23.2 Å². The lowest BCUT2D eigenvalue weighted by Gasteiger charge is -2.32. The highest BCUT2D eigenvalue weighted by molar-refractivity contribution is 5.94. The molecule has 0 saturated carbocycles. The van der Waals surface area contributed by atoms with Gasteiger partial charge in [-0.2, -0.15) is 4.80 Å². The van der Waals surface area contributed by atoms with Gasteiger partial charge in [0.15, 0.2) is 0 Å². The molecular weight excluding hydrogens is 358 g/mol. The van der Waals surface area contributed by atoms with Gasteiger partial charge < -0.3 is 9.64 Å². The minimum Gasteiger partial charge on any atom is -0.497 e. The van der Waals surface area contributed by atoms with Crippen LogP contribution in [0.15, 0.2) is 42.9 Å². The Bertz CT molecular complexity index is 944. The van der Waals surface area contributed by atoms with Gasteiger partial charge in [0.1, 0.15) is 11.4 Å². The SMILES string of the molecule is COc1cccc(C(=O)N2CCC[C@@H](Cn3nnc(-c4cnccn4)n3)C2)c1. The van der Waals surface area contributed by atoms with Gasteiger partial charge in [-0.15, -0.1) is 10.2 Å². The highest BCUT2D eigenvalue weighted by Crippen LogP contribution is 2.21. The van der Waals surface area contributed by atoms with Crippen LogP contribution in [0.2, 0.25) is 0 Å². The molecule has 1 fully saturated rings. The number of hydrogen-bond donors (Lipinski definition) is 0. The summed E-state index contributed by atoms with van der Waals surface area (Å²) in [5.74, 6) is 1.43.